The third kappa shape index (κ3) is 3.96. The van der Waals surface area contributed by atoms with Crippen LogP contribution in [-0.4, -0.2) is 43.7 Å². The van der Waals surface area contributed by atoms with Crippen LogP contribution in [0, 0.1) is 13.8 Å². The summed E-state index contributed by atoms with van der Waals surface area (Å²) in [6.45, 7) is 7.60. The van der Waals surface area contributed by atoms with E-state index in [0.717, 1.165) is 18.8 Å². The molecule has 1 N–H and O–H groups in total. The lowest BCUT2D eigenvalue weighted by Crippen LogP contribution is -2.41. The first-order valence-electron chi connectivity index (χ1n) is 6.83. The quantitative estimate of drug-likeness (QED) is 0.902. The molecule has 0 saturated carbocycles. The van der Waals surface area contributed by atoms with E-state index in [1.54, 1.807) is 0 Å². The molecule has 0 atom stereocenters. The van der Waals surface area contributed by atoms with Gasteiger partial charge in [0, 0.05) is 31.7 Å². The number of nitrogens with zero attached hydrogens (tertiary/aromatic N) is 1. The lowest BCUT2D eigenvalue weighted by molar-refractivity contribution is -0.134. The minimum Gasteiger partial charge on any atom is -0.384 e. The minimum atomic E-state index is 0.209. The Morgan fingerprint density at radius 3 is 2.79 bits per heavy atom. The van der Waals surface area contributed by atoms with Gasteiger partial charge in [-0.1, -0.05) is 12.1 Å². The number of carbonyl (C=O) groups excluding carboxylic acids is 1. The van der Waals surface area contributed by atoms with Crippen molar-refractivity contribution in [1.82, 2.24) is 4.90 Å². The summed E-state index contributed by atoms with van der Waals surface area (Å²) in [6.07, 6.45) is 0.535. The molecule has 19 heavy (non-hydrogen) atoms. The fraction of sp³-hybridized carbons (Fsp3) is 0.533. The zero-order valence-corrected chi connectivity index (χ0v) is 11.7. The van der Waals surface area contributed by atoms with Crippen LogP contribution in [0.1, 0.15) is 17.5 Å². The summed E-state index contributed by atoms with van der Waals surface area (Å²) >= 11 is 0. The number of ether oxygens (including phenoxy) is 1. The molecule has 1 aromatic carbocycles. The molecular weight excluding hydrogens is 240 g/mol. The first-order valence-corrected chi connectivity index (χ1v) is 6.83. The number of rotatable bonds is 4. The van der Waals surface area contributed by atoms with Crippen molar-refractivity contribution in [1.29, 1.82) is 0 Å². The smallest absolute Gasteiger partial charge is 0.224 e. The maximum Gasteiger partial charge on any atom is 0.224 e. The molecular formula is C15H22N2O2. The van der Waals surface area contributed by atoms with Gasteiger partial charge in [-0.25, -0.2) is 0 Å². The number of benzene rings is 1. The van der Waals surface area contributed by atoms with E-state index in [-0.39, 0.29) is 5.91 Å². The molecule has 4 heteroatoms. The first kappa shape index (κ1) is 13.9. The number of hydrogen-bond acceptors (Lipinski definition) is 3. The predicted molar refractivity (Wildman–Crippen MR) is 76.4 cm³/mol. The largest absolute Gasteiger partial charge is 0.384 e. The Balaban J connectivity index is 1.79. The summed E-state index contributed by atoms with van der Waals surface area (Å²) in [6, 6.07) is 6.31. The number of aryl methyl sites for hydroxylation is 2. The van der Waals surface area contributed by atoms with E-state index in [0.29, 0.717) is 26.2 Å². The zero-order chi connectivity index (χ0) is 13.7. The second kappa shape index (κ2) is 6.57. The van der Waals surface area contributed by atoms with E-state index in [1.165, 1.54) is 11.1 Å². The number of hydrogen-bond donors (Lipinski definition) is 1. The maximum absolute atomic E-state index is 12.0. The van der Waals surface area contributed by atoms with Gasteiger partial charge in [0.05, 0.1) is 13.2 Å². The average molecular weight is 262 g/mol. The van der Waals surface area contributed by atoms with Crippen molar-refractivity contribution >= 4 is 11.6 Å². The van der Waals surface area contributed by atoms with E-state index in [4.69, 9.17) is 4.74 Å². The lowest BCUT2D eigenvalue weighted by atomic mass is 10.1. The van der Waals surface area contributed by atoms with Crippen molar-refractivity contribution in [3.8, 4) is 0 Å². The third-order valence-electron chi connectivity index (χ3n) is 3.41. The summed E-state index contributed by atoms with van der Waals surface area (Å²) in [5, 5.41) is 3.35. The van der Waals surface area contributed by atoms with Crippen LogP contribution in [0.4, 0.5) is 5.69 Å². The van der Waals surface area contributed by atoms with Gasteiger partial charge in [0.25, 0.3) is 0 Å². The monoisotopic (exact) mass is 262 g/mol. The molecule has 1 amide bonds. The fourth-order valence-corrected chi connectivity index (χ4v) is 2.20. The minimum absolute atomic E-state index is 0.209. The molecule has 0 radical (unpaired) electrons. The van der Waals surface area contributed by atoms with Crippen LogP contribution in [-0.2, 0) is 9.53 Å². The van der Waals surface area contributed by atoms with Crippen molar-refractivity contribution < 1.29 is 9.53 Å². The highest BCUT2D eigenvalue weighted by atomic mass is 16.5. The molecule has 1 aliphatic rings. The zero-order valence-electron chi connectivity index (χ0n) is 11.7. The Morgan fingerprint density at radius 2 is 2.05 bits per heavy atom. The van der Waals surface area contributed by atoms with E-state index in [2.05, 4.69) is 37.4 Å². The number of nitrogens with one attached hydrogen (secondary N) is 1. The van der Waals surface area contributed by atoms with E-state index in [9.17, 15) is 4.79 Å². The average Bonchev–Trinajstić information content (AvgIpc) is 2.43. The first-order chi connectivity index (χ1) is 9.16. The molecule has 2 rings (SSSR count). The SMILES string of the molecule is Cc1ccc(C)c(NCCC(=O)N2CCOCC2)c1. The Hall–Kier alpha value is -1.55. The Bertz CT molecular complexity index is 440. The summed E-state index contributed by atoms with van der Waals surface area (Å²) < 4.78 is 5.24. The number of morpholine rings is 1. The molecule has 0 spiro atoms. The maximum atomic E-state index is 12.0. The molecule has 1 heterocycles. The van der Waals surface area contributed by atoms with Gasteiger partial charge in [-0.15, -0.1) is 0 Å². The molecule has 1 aliphatic heterocycles. The van der Waals surface area contributed by atoms with Crippen LogP contribution in [0.5, 0.6) is 0 Å². The topological polar surface area (TPSA) is 41.6 Å². The molecule has 0 bridgehead atoms. The van der Waals surface area contributed by atoms with Crippen LogP contribution < -0.4 is 5.32 Å². The number of carbonyl (C=O) groups is 1. The highest BCUT2D eigenvalue weighted by molar-refractivity contribution is 5.76. The molecule has 1 fully saturated rings. The molecule has 0 aliphatic carbocycles. The van der Waals surface area contributed by atoms with Crippen LogP contribution in [0.2, 0.25) is 0 Å². The van der Waals surface area contributed by atoms with Gasteiger partial charge < -0.3 is 15.0 Å². The molecule has 4 nitrogen and oxygen atoms in total. The van der Waals surface area contributed by atoms with Crippen molar-refractivity contribution in [3.63, 3.8) is 0 Å². The second-order valence-electron chi connectivity index (χ2n) is 4.99. The summed E-state index contributed by atoms with van der Waals surface area (Å²) in [5.74, 6) is 0.209. The van der Waals surface area contributed by atoms with E-state index >= 15 is 0 Å². The van der Waals surface area contributed by atoms with Crippen molar-refractivity contribution in [3.05, 3.63) is 29.3 Å². The van der Waals surface area contributed by atoms with Gasteiger partial charge in [-0.2, -0.15) is 0 Å². The highest BCUT2D eigenvalue weighted by Crippen LogP contribution is 2.16. The molecule has 0 unspecified atom stereocenters. The molecule has 104 valence electrons. The standard InChI is InChI=1S/C15H22N2O2/c1-12-3-4-13(2)14(11-12)16-6-5-15(18)17-7-9-19-10-8-17/h3-4,11,16H,5-10H2,1-2H3. The van der Waals surface area contributed by atoms with Gasteiger partial charge in [-0.3, -0.25) is 4.79 Å². The third-order valence-corrected chi connectivity index (χ3v) is 3.41. The Kier molecular flexibility index (Phi) is 4.80. The predicted octanol–water partition coefficient (Wildman–Crippen LogP) is 1.96. The number of amides is 1. The molecule has 0 aromatic heterocycles. The van der Waals surface area contributed by atoms with Gasteiger partial charge in [0.2, 0.25) is 5.91 Å². The normalized spacial score (nSPS) is 15.4. The fourth-order valence-electron chi connectivity index (χ4n) is 2.20. The van der Waals surface area contributed by atoms with Crippen LogP contribution >= 0.6 is 0 Å². The van der Waals surface area contributed by atoms with Crippen molar-refractivity contribution in [2.45, 2.75) is 20.3 Å². The highest BCUT2D eigenvalue weighted by Gasteiger charge is 2.15. The van der Waals surface area contributed by atoms with Crippen LogP contribution in [0.25, 0.3) is 0 Å². The summed E-state index contributed by atoms with van der Waals surface area (Å²) in [4.78, 5) is 13.9. The van der Waals surface area contributed by atoms with Crippen LogP contribution in [0.3, 0.4) is 0 Å². The van der Waals surface area contributed by atoms with E-state index in [1.807, 2.05) is 4.90 Å². The lowest BCUT2D eigenvalue weighted by Gasteiger charge is -2.27. The summed E-state index contributed by atoms with van der Waals surface area (Å²) in [7, 11) is 0. The van der Waals surface area contributed by atoms with Crippen LogP contribution in [0.15, 0.2) is 18.2 Å². The summed E-state index contributed by atoms with van der Waals surface area (Å²) in [5.41, 5.74) is 3.56. The number of anilines is 1. The molecule has 1 saturated heterocycles. The van der Waals surface area contributed by atoms with E-state index < -0.39 is 0 Å². The van der Waals surface area contributed by atoms with Gasteiger partial charge >= 0.3 is 0 Å². The Labute approximate surface area is 114 Å². The molecule has 1 aromatic rings. The van der Waals surface area contributed by atoms with Crippen molar-refractivity contribution in [2.75, 3.05) is 38.2 Å². The van der Waals surface area contributed by atoms with Gasteiger partial charge in [0.1, 0.15) is 0 Å². The Morgan fingerprint density at radius 1 is 1.32 bits per heavy atom. The second-order valence-corrected chi connectivity index (χ2v) is 4.99. The van der Waals surface area contributed by atoms with Gasteiger partial charge in [0.15, 0.2) is 0 Å². The van der Waals surface area contributed by atoms with Gasteiger partial charge in [-0.05, 0) is 31.0 Å². The van der Waals surface area contributed by atoms with Crippen molar-refractivity contribution in [2.24, 2.45) is 0 Å².